The van der Waals surface area contributed by atoms with Gasteiger partial charge in [-0.25, -0.2) is 4.98 Å². The maximum Gasteiger partial charge on any atom is 0.274 e. The van der Waals surface area contributed by atoms with Crippen molar-refractivity contribution in [3.8, 4) is 5.19 Å². The third-order valence-electron chi connectivity index (χ3n) is 4.09. The third kappa shape index (κ3) is 4.19. The van der Waals surface area contributed by atoms with Crippen LogP contribution in [0.5, 0.6) is 5.19 Å². The first-order chi connectivity index (χ1) is 11.3. The number of benzene rings is 1. The second kappa shape index (κ2) is 6.89. The van der Waals surface area contributed by atoms with E-state index in [1.807, 2.05) is 23.1 Å². The van der Waals surface area contributed by atoms with Gasteiger partial charge >= 0.3 is 0 Å². The van der Waals surface area contributed by atoms with Gasteiger partial charge in [0, 0.05) is 32.4 Å². The number of piperidine rings is 1. The highest BCUT2D eigenvalue weighted by Gasteiger charge is 2.27. The van der Waals surface area contributed by atoms with E-state index in [0.29, 0.717) is 16.6 Å². The van der Waals surface area contributed by atoms with Crippen LogP contribution in [-0.2, 0) is 4.79 Å². The topological polar surface area (TPSA) is 42.4 Å². The molecule has 1 amide bonds. The standard InChI is InChI=1S/C18H23ClN2O2S/c1-18(2,3)11-15(22)21-9-7-12(8-10-21)23-17-20-16-13(19)5-4-6-14(16)24-17/h4-6,12H,7-11H2,1-3H3. The van der Waals surface area contributed by atoms with Crippen molar-refractivity contribution >= 4 is 39.1 Å². The number of carbonyl (C=O) groups is 1. The minimum atomic E-state index is 0.0324. The molecule has 2 heterocycles. The SMILES string of the molecule is CC(C)(C)CC(=O)N1CCC(Oc2nc3c(Cl)cccc3s2)CC1. The van der Waals surface area contributed by atoms with E-state index in [9.17, 15) is 4.79 Å². The van der Waals surface area contributed by atoms with Crippen LogP contribution in [0.15, 0.2) is 18.2 Å². The Labute approximate surface area is 151 Å². The minimum Gasteiger partial charge on any atom is -0.467 e. The zero-order valence-electron chi connectivity index (χ0n) is 14.3. The molecule has 1 aromatic carbocycles. The quantitative estimate of drug-likeness (QED) is 0.786. The average Bonchev–Trinajstić information content (AvgIpc) is 2.90. The van der Waals surface area contributed by atoms with Crippen molar-refractivity contribution in [3.63, 3.8) is 0 Å². The van der Waals surface area contributed by atoms with Gasteiger partial charge in [-0.1, -0.05) is 49.8 Å². The molecule has 0 bridgehead atoms. The summed E-state index contributed by atoms with van der Waals surface area (Å²) in [6.45, 7) is 7.80. The monoisotopic (exact) mass is 366 g/mol. The van der Waals surface area contributed by atoms with Crippen molar-refractivity contribution < 1.29 is 9.53 Å². The van der Waals surface area contributed by atoms with E-state index in [1.165, 1.54) is 11.3 Å². The molecule has 1 aromatic heterocycles. The lowest BCUT2D eigenvalue weighted by molar-refractivity contribution is -0.134. The fraction of sp³-hybridized carbons (Fsp3) is 0.556. The highest BCUT2D eigenvalue weighted by atomic mass is 35.5. The lowest BCUT2D eigenvalue weighted by Crippen LogP contribution is -2.42. The Morgan fingerprint density at radius 2 is 2.08 bits per heavy atom. The van der Waals surface area contributed by atoms with Crippen molar-refractivity contribution in [3.05, 3.63) is 23.2 Å². The summed E-state index contributed by atoms with van der Waals surface area (Å²) in [6, 6.07) is 5.76. The predicted molar refractivity (Wildman–Crippen MR) is 98.9 cm³/mol. The van der Waals surface area contributed by atoms with E-state index in [4.69, 9.17) is 16.3 Å². The number of likely N-dealkylation sites (tertiary alicyclic amines) is 1. The number of ether oxygens (including phenoxy) is 1. The van der Waals surface area contributed by atoms with Gasteiger partial charge in [-0.2, -0.15) is 0 Å². The number of hydrogen-bond acceptors (Lipinski definition) is 4. The van der Waals surface area contributed by atoms with Gasteiger partial charge in [-0.05, 0) is 17.5 Å². The van der Waals surface area contributed by atoms with Crippen molar-refractivity contribution in [1.82, 2.24) is 9.88 Å². The van der Waals surface area contributed by atoms with E-state index in [-0.39, 0.29) is 17.4 Å². The molecule has 6 heteroatoms. The van der Waals surface area contributed by atoms with E-state index in [2.05, 4.69) is 25.8 Å². The summed E-state index contributed by atoms with van der Waals surface area (Å²) in [5, 5.41) is 1.32. The Morgan fingerprint density at radius 1 is 1.38 bits per heavy atom. The maximum absolute atomic E-state index is 12.3. The van der Waals surface area contributed by atoms with Crippen LogP contribution in [0.3, 0.4) is 0 Å². The molecule has 24 heavy (non-hydrogen) atoms. The Morgan fingerprint density at radius 3 is 2.71 bits per heavy atom. The van der Waals surface area contributed by atoms with Crippen molar-refractivity contribution in [2.75, 3.05) is 13.1 Å². The van der Waals surface area contributed by atoms with Crippen LogP contribution in [0.4, 0.5) is 0 Å². The zero-order valence-corrected chi connectivity index (χ0v) is 15.9. The van der Waals surface area contributed by atoms with Crippen molar-refractivity contribution in [2.24, 2.45) is 5.41 Å². The number of para-hydroxylation sites is 1. The molecule has 2 aromatic rings. The normalized spacial score (nSPS) is 16.6. The van der Waals surface area contributed by atoms with E-state index >= 15 is 0 Å². The second-order valence-electron chi connectivity index (χ2n) is 7.50. The first kappa shape index (κ1) is 17.5. The summed E-state index contributed by atoms with van der Waals surface area (Å²) >= 11 is 7.69. The number of carbonyl (C=O) groups excluding carboxylic acids is 1. The first-order valence-corrected chi connectivity index (χ1v) is 9.51. The van der Waals surface area contributed by atoms with Gasteiger partial charge in [-0.3, -0.25) is 4.79 Å². The largest absolute Gasteiger partial charge is 0.467 e. The van der Waals surface area contributed by atoms with E-state index in [1.54, 1.807) is 0 Å². The minimum absolute atomic E-state index is 0.0324. The van der Waals surface area contributed by atoms with Crippen LogP contribution in [-0.4, -0.2) is 35.0 Å². The van der Waals surface area contributed by atoms with Crippen LogP contribution in [0.1, 0.15) is 40.0 Å². The number of halogens is 1. The Hall–Kier alpha value is -1.33. The third-order valence-corrected chi connectivity index (χ3v) is 5.31. The number of rotatable bonds is 3. The van der Waals surface area contributed by atoms with Crippen LogP contribution in [0, 0.1) is 5.41 Å². The molecule has 1 aliphatic rings. The van der Waals surface area contributed by atoms with Gasteiger partial charge in [0.05, 0.1) is 9.72 Å². The molecule has 0 saturated carbocycles. The van der Waals surface area contributed by atoms with Gasteiger partial charge in [0.15, 0.2) is 0 Å². The molecule has 0 spiro atoms. The molecule has 1 fully saturated rings. The Kier molecular flexibility index (Phi) is 5.02. The van der Waals surface area contributed by atoms with Gasteiger partial charge < -0.3 is 9.64 Å². The summed E-state index contributed by atoms with van der Waals surface area (Å²) in [7, 11) is 0. The number of amides is 1. The molecule has 0 unspecified atom stereocenters. The molecular formula is C18H23ClN2O2S. The highest BCUT2D eigenvalue weighted by molar-refractivity contribution is 7.20. The lowest BCUT2D eigenvalue weighted by atomic mass is 9.91. The summed E-state index contributed by atoms with van der Waals surface area (Å²) in [6.07, 6.45) is 2.40. The smallest absolute Gasteiger partial charge is 0.274 e. The molecule has 4 nitrogen and oxygen atoms in total. The molecule has 0 aliphatic carbocycles. The van der Waals surface area contributed by atoms with Gasteiger partial charge in [0.2, 0.25) is 5.91 Å². The molecule has 0 atom stereocenters. The zero-order chi connectivity index (χ0) is 17.3. The molecule has 0 radical (unpaired) electrons. The highest BCUT2D eigenvalue weighted by Crippen LogP contribution is 2.33. The van der Waals surface area contributed by atoms with Gasteiger partial charge in [0.1, 0.15) is 11.6 Å². The van der Waals surface area contributed by atoms with Gasteiger partial charge in [-0.15, -0.1) is 0 Å². The lowest BCUT2D eigenvalue weighted by Gasteiger charge is -2.33. The van der Waals surface area contributed by atoms with Crippen LogP contribution in [0.2, 0.25) is 5.02 Å². The fourth-order valence-electron chi connectivity index (χ4n) is 2.88. The number of thiazole rings is 1. The van der Waals surface area contributed by atoms with E-state index < -0.39 is 0 Å². The Bertz CT molecular complexity index is 730. The number of fused-ring (bicyclic) bond motifs is 1. The van der Waals surface area contributed by atoms with Crippen LogP contribution >= 0.6 is 22.9 Å². The molecule has 0 N–H and O–H groups in total. The average molecular weight is 367 g/mol. The molecule has 1 saturated heterocycles. The fourth-order valence-corrected chi connectivity index (χ4v) is 4.06. The number of hydrogen-bond donors (Lipinski definition) is 0. The van der Waals surface area contributed by atoms with Crippen LogP contribution in [0.25, 0.3) is 10.2 Å². The summed E-state index contributed by atoms with van der Waals surface area (Å²) in [5.41, 5.74) is 0.835. The molecular weight excluding hydrogens is 344 g/mol. The second-order valence-corrected chi connectivity index (χ2v) is 8.90. The predicted octanol–water partition coefficient (Wildman–Crippen LogP) is 4.76. The van der Waals surface area contributed by atoms with Crippen molar-refractivity contribution in [1.29, 1.82) is 0 Å². The first-order valence-electron chi connectivity index (χ1n) is 8.31. The van der Waals surface area contributed by atoms with Crippen LogP contribution < -0.4 is 4.74 Å². The molecule has 1 aliphatic heterocycles. The number of aromatic nitrogens is 1. The Balaban J connectivity index is 1.57. The maximum atomic E-state index is 12.3. The summed E-state index contributed by atoms with van der Waals surface area (Å²) in [4.78, 5) is 18.7. The van der Waals surface area contributed by atoms with Crippen molar-refractivity contribution in [2.45, 2.75) is 46.1 Å². The summed E-state index contributed by atoms with van der Waals surface area (Å²) < 4.78 is 7.07. The van der Waals surface area contributed by atoms with Gasteiger partial charge in [0.25, 0.3) is 5.19 Å². The number of nitrogens with zero attached hydrogens (tertiary/aromatic N) is 2. The summed E-state index contributed by atoms with van der Waals surface area (Å²) in [5.74, 6) is 0.243. The molecule has 3 rings (SSSR count). The molecule has 130 valence electrons. The van der Waals surface area contributed by atoms with E-state index in [0.717, 1.165) is 36.1 Å².